The van der Waals surface area contributed by atoms with Crippen LogP contribution in [0.15, 0.2) is 91.3 Å². The van der Waals surface area contributed by atoms with E-state index in [1.807, 2.05) is 0 Å². The van der Waals surface area contributed by atoms with Gasteiger partial charge in [-0.15, -0.1) is 0 Å². The minimum absolute atomic E-state index is 0.170. The summed E-state index contributed by atoms with van der Waals surface area (Å²) in [5, 5.41) is 3.94. The Hall–Kier alpha value is -2.01. The Morgan fingerprint density at radius 2 is 1.24 bits per heavy atom. The Kier molecular flexibility index (Phi) is 11.8. The fourth-order valence-corrected chi connectivity index (χ4v) is 4.88. The normalized spacial score (nSPS) is 14.6. The number of hydrogen-bond acceptors (Lipinski definition) is 3. The van der Waals surface area contributed by atoms with Crippen molar-refractivity contribution in [3.05, 3.63) is 120 Å². The maximum absolute atomic E-state index is 4.45. The third kappa shape index (κ3) is 7.75. The molecule has 0 saturated carbocycles. The molecule has 200 valence electrons. The van der Waals surface area contributed by atoms with Crippen LogP contribution >= 0.6 is 9.19 Å². The Morgan fingerprint density at radius 3 is 1.73 bits per heavy atom. The first-order valence-corrected chi connectivity index (χ1v) is 15.0. The molecule has 1 N–H and O–H groups in total. The second kappa shape index (κ2) is 14.8. The van der Waals surface area contributed by atoms with Crippen LogP contribution in [0.2, 0.25) is 0 Å². The van der Waals surface area contributed by atoms with Crippen LogP contribution in [0.5, 0.6) is 0 Å². The van der Waals surface area contributed by atoms with Gasteiger partial charge >= 0.3 is 29.2 Å². The third-order valence-electron chi connectivity index (χ3n) is 6.81. The molecule has 0 unspecified atom stereocenters. The van der Waals surface area contributed by atoms with Gasteiger partial charge in [0.05, 0.1) is 11.7 Å². The predicted octanol–water partition coefficient (Wildman–Crippen LogP) is 8.69. The topological polar surface area (TPSA) is 18.5 Å². The van der Waals surface area contributed by atoms with Gasteiger partial charge in [0, 0.05) is 25.0 Å². The molecular weight excluding hydrogens is 570 g/mol. The molecule has 0 bridgehead atoms. The molecule has 1 aliphatic rings. The molecule has 0 aromatic heterocycles. The van der Waals surface area contributed by atoms with E-state index in [-0.39, 0.29) is 6.04 Å². The van der Waals surface area contributed by atoms with E-state index in [1.54, 1.807) is 0 Å². The summed E-state index contributed by atoms with van der Waals surface area (Å²) in [6.45, 7) is 15.8. The molecule has 0 fully saturated rings. The third-order valence-corrected chi connectivity index (χ3v) is 6.81. The fourth-order valence-electron chi connectivity index (χ4n) is 4.88. The molecule has 3 aromatic carbocycles. The number of halogens is 1. The number of benzene rings is 3. The standard InChI is InChI=1S/C32H39N3.Ag.ClH/c1-6-30(26-14-9-7-10-15-26)33-31(27-16-11-8-12-17-27)22-34-20-21-35(23-34)32-28(24(2)3)18-13-19-29(32)25(4)5;;/h7-21,24-25,30-31,33H,6,22H2,1-5H3;;1H/q;+1;/p-1/t30-,31+;;/m0../s1. The van der Waals surface area contributed by atoms with Crippen LogP contribution in [0.4, 0.5) is 5.69 Å². The van der Waals surface area contributed by atoms with E-state index >= 15 is 0 Å². The first-order valence-electron chi connectivity index (χ1n) is 13.1. The van der Waals surface area contributed by atoms with Gasteiger partial charge in [-0.05, 0) is 40.5 Å². The summed E-state index contributed by atoms with van der Waals surface area (Å²) in [6, 6.07) is 28.7. The SMILES string of the molecule is CC[C@H](N[C@H](CN1[C]N(c2c(C(C)C)cccc2C(C)C)C=C1)c1ccccc1)c1ccccc1.[Cl][Ag]. The molecule has 4 rings (SSSR count). The average molecular weight is 609 g/mol. The summed E-state index contributed by atoms with van der Waals surface area (Å²) in [5.74, 6) is 0.894. The van der Waals surface area contributed by atoms with E-state index < -0.39 is 0 Å². The summed E-state index contributed by atoms with van der Waals surface area (Å²) in [4.78, 5) is 4.39. The van der Waals surface area contributed by atoms with E-state index in [0.29, 0.717) is 17.9 Å². The van der Waals surface area contributed by atoms with Crippen molar-refractivity contribution in [3.8, 4) is 0 Å². The zero-order valence-electron chi connectivity index (χ0n) is 22.5. The van der Waals surface area contributed by atoms with Crippen molar-refractivity contribution in [2.45, 2.75) is 65.0 Å². The molecule has 37 heavy (non-hydrogen) atoms. The first kappa shape index (κ1) is 29.5. The number of para-hydroxylation sites is 1. The first-order chi connectivity index (χ1) is 18.0. The van der Waals surface area contributed by atoms with Crippen molar-refractivity contribution in [1.29, 1.82) is 0 Å². The van der Waals surface area contributed by atoms with Crippen LogP contribution in [-0.2, 0) is 20.0 Å². The molecule has 0 saturated heterocycles. The number of nitrogens with zero attached hydrogens (tertiary/aromatic N) is 2. The summed E-state index contributed by atoms with van der Waals surface area (Å²) in [7, 11) is 4.45. The van der Waals surface area contributed by atoms with Crippen molar-refractivity contribution in [2.75, 3.05) is 11.4 Å². The van der Waals surface area contributed by atoms with Gasteiger partial charge in [0.2, 0.25) is 6.67 Å². The van der Waals surface area contributed by atoms with Gasteiger partial charge in [-0.2, -0.15) is 0 Å². The van der Waals surface area contributed by atoms with Crippen molar-refractivity contribution in [1.82, 2.24) is 10.2 Å². The van der Waals surface area contributed by atoms with Gasteiger partial charge in [0.25, 0.3) is 0 Å². The predicted molar refractivity (Wildman–Crippen MR) is 154 cm³/mol. The van der Waals surface area contributed by atoms with Crippen LogP contribution in [0.1, 0.15) is 87.2 Å². The average Bonchev–Trinajstić information content (AvgIpc) is 3.40. The summed E-state index contributed by atoms with van der Waals surface area (Å²) < 4.78 is 0. The Balaban J connectivity index is 0.00000186. The van der Waals surface area contributed by atoms with Gasteiger partial charge in [-0.25, -0.2) is 0 Å². The van der Waals surface area contributed by atoms with Gasteiger partial charge in [-0.3, -0.25) is 0 Å². The quantitative estimate of drug-likeness (QED) is 0.232. The van der Waals surface area contributed by atoms with E-state index in [2.05, 4.69) is 177 Å². The summed E-state index contributed by atoms with van der Waals surface area (Å²) >= 11 is 2.42. The van der Waals surface area contributed by atoms with Crippen molar-refractivity contribution in [3.63, 3.8) is 0 Å². The zero-order chi connectivity index (χ0) is 26.8. The molecule has 2 atom stereocenters. The number of nitrogens with one attached hydrogen (secondary N) is 1. The van der Waals surface area contributed by atoms with Crippen LogP contribution in [0.25, 0.3) is 0 Å². The number of rotatable bonds is 10. The van der Waals surface area contributed by atoms with Crippen LogP contribution in [0, 0.1) is 6.67 Å². The molecule has 0 spiro atoms. The molecule has 3 aromatic rings. The molecule has 5 heteroatoms. The van der Waals surface area contributed by atoms with Gasteiger partial charge in [0.15, 0.2) is 0 Å². The molecule has 0 aliphatic carbocycles. The van der Waals surface area contributed by atoms with E-state index in [4.69, 9.17) is 0 Å². The monoisotopic (exact) mass is 607 g/mol. The van der Waals surface area contributed by atoms with E-state index in [9.17, 15) is 0 Å². The second-order valence-electron chi connectivity index (χ2n) is 10.0. The Labute approximate surface area is 240 Å². The van der Waals surface area contributed by atoms with Gasteiger partial charge in [0.1, 0.15) is 0 Å². The maximum atomic E-state index is 4.45. The van der Waals surface area contributed by atoms with Crippen molar-refractivity contribution < 1.29 is 20.0 Å². The minimum atomic E-state index is 0.170. The number of anilines is 1. The second-order valence-corrected chi connectivity index (χ2v) is 10.0. The molecule has 1 aliphatic heterocycles. The van der Waals surface area contributed by atoms with Gasteiger partial charge < -0.3 is 15.1 Å². The van der Waals surface area contributed by atoms with Crippen molar-refractivity contribution >= 4 is 14.9 Å². The van der Waals surface area contributed by atoms with Crippen molar-refractivity contribution in [2.24, 2.45) is 0 Å². The van der Waals surface area contributed by atoms with E-state index in [0.717, 1.165) is 13.0 Å². The summed E-state index contributed by atoms with van der Waals surface area (Å²) in [6.07, 6.45) is 5.34. The number of hydrogen-bond donors (Lipinski definition) is 1. The Morgan fingerprint density at radius 1 is 0.730 bits per heavy atom. The fraction of sp³-hybridized carbons (Fsp3) is 0.344. The molecule has 0 amide bonds. The van der Waals surface area contributed by atoms with Crippen LogP contribution in [-0.4, -0.2) is 11.4 Å². The molecular formula is C32H39AgClN3. The molecule has 1 heterocycles. The van der Waals surface area contributed by atoms with Crippen LogP contribution in [0.3, 0.4) is 0 Å². The zero-order valence-corrected chi connectivity index (χ0v) is 24.7. The molecule has 2 radical (unpaired) electrons. The van der Waals surface area contributed by atoms with Gasteiger partial charge in [-0.1, -0.05) is 113 Å². The Bertz CT molecular complexity index is 1080. The molecule has 3 nitrogen and oxygen atoms in total. The summed E-state index contributed by atoms with van der Waals surface area (Å²) in [5.41, 5.74) is 6.62. The van der Waals surface area contributed by atoms with Crippen LogP contribution < -0.4 is 10.2 Å². The van der Waals surface area contributed by atoms with E-state index in [1.165, 1.54) is 27.9 Å².